The lowest BCUT2D eigenvalue weighted by Gasteiger charge is -2.22. The number of rotatable bonds is 5. The minimum absolute atomic E-state index is 0.205. The van der Waals surface area contributed by atoms with E-state index < -0.39 is 0 Å². The molecule has 1 N–H and O–H groups in total. The standard InChI is InChI=1S/C17H22FNO/c1-2-9-19-17(12-5-3-4-6-12)16-11-13-10-14(18)7-8-15(13)20-16/h7-8,10-12,17,19H,2-6,9H2,1H3. The Hall–Kier alpha value is -1.35. The van der Waals surface area contributed by atoms with Crippen LogP contribution in [-0.2, 0) is 0 Å². The van der Waals surface area contributed by atoms with Crippen molar-refractivity contribution < 1.29 is 8.81 Å². The molecule has 3 heteroatoms. The fraction of sp³-hybridized carbons (Fsp3) is 0.529. The summed E-state index contributed by atoms with van der Waals surface area (Å²) in [6, 6.07) is 7.00. The number of fused-ring (bicyclic) bond motifs is 1. The predicted octanol–water partition coefficient (Wildman–Crippen LogP) is 4.80. The molecule has 0 radical (unpaired) electrons. The second-order valence-electron chi connectivity index (χ2n) is 5.81. The highest BCUT2D eigenvalue weighted by Gasteiger charge is 2.28. The van der Waals surface area contributed by atoms with E-state index >= 15 is 0 Å². The van der Waals surface area contributed by atoms with Crippen molar-refractivity contribution in [3.8, 4) is 0 Å². The third-order valence-corrected chi connectivity index (χ3v) is 4.29. The van der Waals surface area contributed by atoms with Gasteiger partial charge < -0.3 is 9.73 Å². The molecular formula is C17H22FNO. The van der Waals surface area contributed by atoms with Crippen LogP contribution in [0.1, 0.15) is 50.8 Å². The average Bonchev–Trinajstić information content (AvgIpc) is 3.08. The van der Waals surface area contributed by atoms with Crippen molar-refractivity contribution in [3.05, 3.63) is 35.8 Å². The van der Waals surface area contributed by atoms with Gasteiger partial charge in [-0.2, -0.15) is 0 Å². The van der Waals surface area contributed by atoms with Crippen molar-refractivity contribution in [2.24, 2.45) is 5.92 Å². The Kier molecular flexibility index (Phi) is 4.06. The van der Waals surface area contributed by atoms with Gasteiger partial charge in [0.05, 0.1) is 6.04 Å². The van der Waals surface area contributed by atoms with Crippen molar-refractivity contribution in [2.75, 3.05) is 6.54 Å². The zero-order valence-electron chi connectivity index (χ0n) is 12.0. The predicted molar refractivity (Wildman–Crippen MR) is 79.2 cm³/mol. The Morgan fingerprint density at radius 3 is 2.85 bits per heavy atom. The number of hydrogen-bond acceptors (Lipinski definition) is 2. The molecule has 1 aromatic heterocycles. The van der Waals surface area contributed by atoms with Crippen molar-refractivity contribution in [3.63, 3.8) is 0 Å². The van der Waals surface area contributed by atoms with Crippen LogP contribution in [0, 0.1) is 11.7 Å². The molecule has 1 saturated carbocycles. The second-order valence-corrected chi connectivity index (χ2v) is 5.81. The molecule has 108 valence electrons. The smallest absolute Gasteiger partial charge is 0.134 e. The van der Waals surface area contributed by atoms with Crippen LogP contribution >= 0.6 is 0 Å². The third-order valence-electron chi connectivity index (χ3n) is 4.29. The Bertz CT molecular complexity index is 571. The third kappa shape index (κ3) is 2.73. The van der Waals surface area contributed by atoms with Crippen molar-refractivity contribution in [1.29, 1.82) is 0 Å². The maximum Gasteiger partial charge on any atom is 0.134 e. The van der Waals surface area contributed by atoms with Crippen LogP contribution in [0.15, 0.2) is 28.7 Å². The summed E-state index contributed by atoms with van der Waals surface area (Å²) in [7, 11) is 0. The van der Waals surface area contributed by atoms with Crippen LogP contribution in [0.25, 0.3) is 11.0 Å². The van der Waals surface area contributed by atoms with Crippen LogP contribution in [0.3, 0.4) is 0 Å². The molecule has 1 aliphatic carbocycles. The molecule has 0 bridgehead atoms. The molecule has 2 nitrogen and oxygen atoms in total. The van der Waals surface area contributed by atoms with Gasteiger partial charge in [0.15, 0.2) is 0 Å². The highest BCUT2D eigenvalue weighted by atomic mass is 19.1. The molecule has 1 unspecified atom stereocenters. The minimum Gasteiger partial charge on any atom is -0.459 e. The molecule has 1 fully saturated rings. The summed E-state index contributed by atoms with van der Waals surface area (Å²) in [6.45, 7) is 3.17. The molecule has 0 amide bonds. The molecule has 0 saturated heterocycles. The lowest BCUT2D eigenvalue weighted by molar-refractivity contribution is 0.320. The van der Waals surface area contributed by atoms with Crippen LogP contribution < -0.4 is 5.32 Å². The fourth-order valence-corrected chi connectivity index (χ4v) is 3.28. The number of halogens is 1. The quantitative estimate of drug-likeness (QED) is 0.847. The first-order chi connectivity index (χ1) is 9.78. The van der Waals surface area contributed by atoms with Crippen molar-refractivity contribution in [1.82, 2.24) is 5.32 Å². The Morgan fingerprint density at radius 1 is 1.30 bits per heavy atom. The van der Waals surface area contributed by atoms with Gasteiger partial charge in [-0.05, 0) is 56.0 Å². The largest absolute Gasteiger partial charge is 0.459 e. The monoisotopic (exact) mass is 275 g/mol. The van der Waals surface area contributed by atoms with Crippen LogP contribution in [0.5, 0.6) is 0 Å². The second kappa shape index (κ2) is 5.96. The van der Waals surface area contributed by atoms with E-state index in [1.54, 1.807) is 12.1 Å². The number of hydrogen-bond donors (Lipinski definition) is 1. The average molecular weight is 275 g/mol. The highest BCUT2D eigenvalue weighted by Crippen LogP contribution is 2.37. The minimum atomic E-state index is -0.205. The Morgan fingerprint density at radius 2 is 2.10 bits per heavy atom. The van der Waals surface area contributed by atoms with E-state index in [2.05, 4.69) is 12.2 Å². The van der Waals surface area contributed by atoms with Crippen LogP contribution in [-0.4, -0.2) is 6.54 Å². The maximum atomic E-state index is 13.3. The first kappa shape index (κ1) is 13.6. The SMILES string of the molecule is CCCNC(c1cc2cc(F)ccc2o1)C1CCCC1. The fourth-order valence-electron chi connectivity index (χ4n) is 3.28. The van der Waals surface area contributed by atoms with Gasteiger partial charge in [-0.1, -0.05) is 19.8 Å². The van der Waals surface area contributed by atoms with Gasteiger partial charge in [-0.25, -0.2) is 4.39 Å². The molecule has 2 aromatic rings. The molecule has 0 aliphatic heterocycles. The molecular weight excluding hydrogens is 253 g/mol. The van der Waals surface area contributed by atoms with E-state index in [-0.39, 0.29) is 11.9 Å². The van der Waals surface area contributed by atoms with E-state index in [0.717, 1.165) is 29.7 Å². The van der Waals surface area contributed by atoms with Gasteiger partial charge in [0, 0.05) is 5.39 Å². The van der Waals surface area contributed by atoms with E-state index in [1.807, 2.05) is 6.07 Å². The van der Waals surface area contributed by atoms with Crippen molar-refractivity contribution in [2.45, 2.75) is 45.1 Å². The normalized spacial score (nSPS) is 17.9. The molecule has 20 heavy (non-hydrogen) atoms. The van der Waals surface area contributed by atoms with E-state index in [1.165, 1.54) is 31.7 Å². The summed E-state index contributed by atoms with van der Waals surface area (Å²) in [5.41, 5.74) is 0.780. The zero-order chi connectivity index (χ0) is 13.9. The van der Waals surface area contributed by atoms with E-state index in [4.69, 9.17) is 4.42 Å². The Labute approximate surface area is 119 Å². The number of nitrogens with one attached hydrogen (secondary N) is 1. The summed E-state index contributed by atoms with van der Waals surface area (Å²) < 4.78 is 19.3. The molecule has 1 heterocycles. The summed E-state index contributed by atoms with van der Waals surface area (Å²) >= 11 is 0. The van der Waals surface area contributed by atoms with Crippen LogP contribution in [0.4, 0.5) is 4.39 Å². The first-order valence-electron chi connectivity index (χ1n) is 7.70. The number of furan rings is 1. The van der Waals surface area contributed by atoms with Crippen LogP contribution in [0.2, 0.25) is 0 Å². The van der Waals surface area contributed by atoms with Gasteiger partial charge in [-0.15, -0.1) is 0 Å². The molecule has 1 aliphatic rings. The van der Waals surface area contributed by atoms with Crippen molar-refractivity contribution >= 4 is 11.0 Å². The lowest BCUT2D eigenvalue weighted by Crippen LogP contribution is -2.27. The van der Waals surface area contributed by atoms with Gasteiger partial charge in [-0.3, -0.25) is 0 Å². The van der Waals surface area contributed by atoms with E-state index in [0.29, 0.717) is 5.92 Å². The number of benzene rings is 1. The first-order valence-corrected chi connectivity index (χ1v) is 7.70. The zero-order valence-corrected chi connectivity index (χ0v) is 12.0. The highest BCUT2D eigenvalue weighted by molar-refractivity contribution is 5.78. The maximum absolute atomic E-state index is 13.3. The van der Waals surface area contributed by atoms with Gasteiger partial charge in [0.25, 0.3) is 0 Å². The summed E-state index contributed by atoms with van der Waals surface area (Å²) in [4.78, 5) is 0. The summed E-state index contributed by atoms with van der Waals surface area (Å²) in [5.74, 6) is 1.40. The molecule has 3 rings (SSSR count). The topological polar surface area (TPSA) is 25.2 Å². The van der Waals surface area contributed by atoms with Gasteiger partial charge >= 0.3 is 0 Å². The lowest BCUT2D eigenvalue weighted by atomic mass is 9.95. The summed E-state index contributed by atoms with van der Waals surface area (Å²) in [6.07, 6.45) is 6.24. The Balaban J connectivity index is 1.90. The molecule has 1 atom stereocenters. The molecule has 1 aromatic carbocycles. The van der Waals surface area contributed by atoms with E-state index in [9.17, 15) is 4.39 Å². The van der Waals surface area contributed by atoms with Gasteiger partial charge in [0.1, 0.15) is 17.2 Å². The van der Waals surface area contributed by atoms with Gasteiger partial charge in [0.2, 0.25) is 0 Å². The molecule has 0 spiro atoms. The summed E-state index contributed by atoms with van der Waals surface area (Å²) in [5, 5.41) is 4.48.